The zero-order valence-corrected chi connectivity index (χ0v) is 8.03. The van der Waals surface area contributed by atoms with Gasteiger partial charge in [-0.25, -0.2) is 0 Å². The van der Waals surface area contributed by atoms with Gasteiger partial charge in [-0.05, 0) is 13.3 Å². The van der Waals surface area contributed by atoms with Gasteiger partial charge in [0.05, 0.1) is 11.8 Å². The molecule has 0 saturated carbocycles. The molecule has 4 nitrogen and oxygen atoms in total. The highest BCUT2D eigenvalue weighted by molar-refractivity contribution is 5.32. The Bertz CT molecular complexity index is 288. The molecule has 1 aromatic heterocycles. The molecule has 13 heavy (non-hydrogen) atoms. The Kier molecular flexibility index (Phi) is 2.00. The third-order valence-electron chi connectivity index (χ3n) is 2.69. The summed E-state index contributed by atoms with van der Waals surface area (Å²) in [5.74, 6) is 1.14. The standard InChI is InChI=1S/C9H15N3O/c1-6-7(3-4-13-6)8-5-9(10)12(2)11-8/h5-7H,3-4,10H2,1-2H3. The number of rotatable bonds is 1. The molecular formula is C9H15N3O. The first-order valence-electron chi connectivity index (χ1n) is 4.59. The fourth-order valence-corrected chi connectivity index (χ4v) is 1.81. The maximum Gasteiger partial charge on any atom is 0.121 e. The Morgan fingerprint density at radius 1 is 1.69 bits per heavy atom. The topological polar surface area (TPSA) is 53.1 Å². The van der Waals surface area contributed by atoms with E-state index >= 15 is 0 Å². The van der Waals surface area contributed by atoms with Gasteiger partial charge in [0.25, 0.3) is 0 Å². The Hall–Kier alpha value is -1.03. The summed E-state index contributed by atoms with van der Waals surface area (Å²) in [6, 6.07) is 1.94. The van der Waals surface area contributed by atoms with Crippen molar-refractivity contribution in [2.45, 2.75) is 25.4 Å². The lowest BCUT2D eigenvalue weighted by molar-refractivity contribution is 0.118. The molecule has 1 aliphatic heterocycles. The van der Waals surface area contributed by atoms with Crippen LogP contribution in [-0.2, 0) is 11.8 Å². The van der Waals surface area contributed by atoms with Crippen LogP contribution in [0.1, 0.15) is 25.0 Å². The lowest BCUT2D eigenvalue weighted by Crippen LogP contribution is -2.10. The van der Waals surface area contributed by atoms with Crippen LogP contribution in [0.5, 0.6) is 0 Å². The molecule has 1 saturated heterocycles. The Morgan fingerprint density at radius 2 is 2.46 bits per heavy atom. The third-order valence-corrected chi connectivity index (χ3v) is 2.69. The number of hydrogen-bond acceptors (Lipinski definition) is 3. The van der Waals surface area contributed by atoms with Gasteiger partial charge < -0.3 is 10.5 Å². The molecule has 4 heteroatoms. The van der Waals surface area contributed by atoms with Crippen molar-refractivity contribution < 1.29 is 4.74 Å². The van der Waals surface area contributed by atoms with Crippen molar-refractivity contribution in [3.8, 4) is 0 Å². The highest BCUT2D eigenvalue weighted by Gasteiger charge is 2.28. The minimum Gasteiger partial charge on any atom is -0.384 e. The molecule has 2 unspecified atom stereocenters. The average molecular weight is 181 g/mol. The number of nitrogens with two attached hydrogens (primary N) is 1. The van der Waals surface area contributed by atoms with Crippen molar-refractivity contribution >= 4 is 5.82 Å². The van der Waals surface area contributed by atoms with E-state index in [4.69, 9.17) is 10.5 Å². The largest absolute Gasteiger partial charge is 0.384 e. The fourth-order valence-electron chi connectivity index (χ4n) is 1.81. The molecule has 0 radical (unpaired) electrons. The van der Waals surface area contributed by atoms with Crippen molar-refractivity contribution in [2.75, 3.05) is 12.3 Å². The van der Waals surface area contributed by atoms with E-state index in [1.807, 2.05) is 13.1 Å². The number of ether oxygens (including phenoxy) is 1. The Balaban J connectivity index is 2.24. The summed E-state index contributed by atoms with van der Waals surface area (Å²) >= 11 is 0. The molecule has 2 heterocycles. The fraction of sp³-hybridized carbons (Fsp3) is 0.667. The molecule has 2 N–H and O–H groups in total. The summed E-state index contributed by atoms with van der Waals surface area (Å²) in [5, 5.41) is 4.35. The normalized spacial score (nSPS) is 28.2. The summed E-state index contributed by atoms with van der Waals surface area (Å²) < 4.78 is 7.19. The number of aryl methyl sites for hydroxylation is 1. The van der Waals surface area contributed by atoms with Crippen LogP contribution >= 0.6 is 0 Å². The summed E-state index contributed by atoms with van der Waals surface area (Å²) in [6.07, 6.45) is 1.33. The minimum atomic E-state index is 0.272. The Labute approximate surface area is 77.7 Å². The van der Waals surface area contributed by atoms with Crippen LogP contribution in [0.2, 0.25) is 0 Å². The molecular weight excluding hydrogens is 166 g/mol. The third kappa shape index (κ3) is 1.42. The van der Waals surface area contributed by atoms with E-state index < -0.39 is 0 Å². The van der Waals surface area contributed by atoms with Gasteiger partial charge in [0.2, 0.25) is 0 Å². The van der Waals surface area contributed by atoms with Crippen LogP contribution in [0.3, 0.4) is 0 Å². The second-order valence-electron chi connectivity index (χ2n) is 3.59. The quantitative estimate of drug-likeness (QED) is 0.700. The van der Waals surface area contributed by atoms with Crippen molar-refractivity contribution in [3.63, 3.8) is 0 Å². The predicted octanol–water partition coefficient (Wildman–Crippen LogP) is 0.895. The molecule has 2 atom stereocenters. The molecule has 0 spiro atoms. The van der Waals surface area contributed by atoms with Crippen LogP contribution in [-0.4, -0.2) is 22.5 Å². The lowest BCUT2D eigenvalue weighted by Gasteiger charge is -2.09. The second kappa shape index (κ2) is 3.03. The average Bonchev–Trinajstić information content (AvgIpc) is 2.60. The molecule has 0 aliphatic carbocycles. The highest BCUT2D eigenvalue weighted by atomic mass is 16.5. The van der Waals surface area contributed by atoms with E-state index in [-0.39, 0.29) is 6.10 Å². The maximum atomic E-state index is 5.71. The highest BCUT2D eigenvalue weighted by Crippen LogP contribution is 2.30. The molecule has 72 valence electrons. The number of nitrogen functional groups attached to an aromatic ring is 1. The SMILES string of the molecule is CC1OCCC1c1cc(N)n(C)n1. The van der Waals surface area contributed by atoms with Crippen LogP contribution < -0.4 is 5.73 Å². The molecule has 0 aromatic carbocycles. The predicted molar refractivity (Wildman–Crippen MR) is 50.4 cm³/mol. The van der Waals surface area contributed by atoms with E-state index in [0.29, 0.717) is 11.7 Å². The summed E-state index contributed by atoms with van der Waals surface area (Å²) in [5.41, 5.74) is 6.77. The second-order valence-corrected chi connectivity index (χ2v) is 3.59. The van der Waals surface area contributed by atoms with E-state index in [1.165, 1.54) is 0 Å². The smallest absolute Gasteiger partial charge is 0.121 e. The van der Waals surface area contributed by atoms with E-state index in [2.05, 4.69) is 12.0 Å². The van der Waals surface area contributed by atoms with Crippen LogP contribution in [0, 0.1) is 0 Å². The summed E-state index contributed by atoms with van der Waals surface area (Å²) in [4.78, 5) is 0. The van der Waals surface area contributed by atoms with Gasteiger partial charge in [-0.15, -0.1) is 0 Å². The van der Waals surface area contributed by atoms with Crippen molar-refractivity contribution in [2.24, 2.45) is 7.05 Å². The zero-order valence-electron chi connectivity index (χ0n) is 8.03. The lowest BCUT2D eigenvalue weighted by atomic mass is 9.99. The van der Waals surface area contributed by atoms with Crippen molar-refractivity contribution in [1.29, 1.82) is 0 Å². The van der Waals surface area contributed by atoms with Gasteiger partial charge in [0, 0.05) is 25.6 Å². The maximum absolute atomic E-state index is 5.71. The molecule has 0 bridgehead atoms. The monoisotopic (exact) mass is 181 g/mol. The zero-order chi connectivity index (χ0) is 9.42. The number of aromatic nitrogens is 2. The van der Waals surface area contributed by atoms with Gasteiger partial charge in [0.1, 0.15) is 5.82 Å². The van der Waals surface area contributed by atoms with Crippen LogP contribution in [0.15, 0.2) is 6.07 Å². The Morgan fingerprint density at radius 3 is 2.92 bits per heavy atom. The molecule has 0 amide bonds. The number of hydrogen-bond donors (Lipinski definition) is 1. The molecule has 1 fully saturated rings. The first-order valence-corrected chi connectivity index (χ1v) is 4.59. The van der Waals surface area contributed by atoms with Crippen LogP contribution in [0.25, 0.3) is 0 Å². The van der Waals surface area contributed by atoms with E-state index in [1.54, 1.807) is 4.68 Å². The van der Waals surface area contributed by atoms with Crippen molar-refractivity contribution in [1.82, 2.24) is 9.78 Å². The van der Waals surface area contributed by atoms with Gasteiger partial charge in [0.15, 0.2) is 0 Å². The van der Waals surface area contributed by atoms with Gasteiger partial charge >= 0.3 is 0 Å². The van der Waals surface area contributed by atoms with Gasteiger partial charge in [-0.3, -0.25) is 4.68 Å². The first-order chi connectivity index (χ1) is 6.18. The van der Waals surface area contributed by atoms with Crippen LogP contribution in [0.4, 0.5) is 5.82 Å². The molecule has 1 aromatic rings. The van der Waals surface area contributed by atoms with Gasteiger partial charge in [-0.1, -0.05) is 0 Å². The number of nitrogens with zero attached hydrogens (tertiary/aromatic N) is 2. The van der Waals surface area contributed by atoms with E-state index in [9.17, 15) is 0 Å². The summed E-state index contributed by atoms with van der Waals surface area (Å²) in [7, 11) is 1.86. The molecule has 1 aliphatic rings. The van der Waals surface area contributed by atoms with E-state index in [0.717, 1.165) is 18.7 Å². The summed E-state index contributed by atoms with van der Waals surface area (Å²) in [6.45, 7) is 2.92. The van der Waals surface area contributed by atoms with Gasteiger partial charge in [-0.2, -0.15) is 5.10 Å². The first kappa shape index (κ1) is 8.56. The molecule has 2 rings (SSSR count). The van der Waals surface area contributed by atoms with Crippen molar-refractivity contribution in [3.05, 3.63) is 11.8 Å². The minimum absolute atomic E-state index is 0.272. The number of anilines is 1.